The highest BCUT2D eigenvalue weighted by Gasteiger charge is 2.10. The molecule has 2 rings (SSSR count). The van der Waals surface area contributed by atoms with Gasteiger partial charge in [-0.1, -0.05) is 17.7 Å². The molecule has 1 aromatic heterocycles. The van der Waals surface area contributed by atoms with Gasteiger partial charge < -0.3 is 14.8 Å². The molecule has 106 valence electrons. The van der Waals surface area contributed by atoms with Crippen LogP contribution in [0.25, 0.3) is 0 Å². The summed E-state index contributed by atoms with van der Waals surface area (Å²) in [6.45, 7) is 0.603. The lowest BCUT2D eigenvalue weighted by Crippen LogP contribution is -2.02. The lowest BCUT2D eigenvalue weighted by molar-refractivity contribution is 0.352. The van der Waals surface area contributed by atoms with Crippen LogP contribution in [0.3, 0.4) is 0 Å². The van der Waals surface area contributed by atoms with Gasteiger partial charge in [0.05, 0.1) is 18.7 Å². The second-order valence-electron chi connectivity index (χ2n) is 4.01. The first kappa shape index (κ1) is 14.9. The summed E-state index contributed by atoms with van der Waals surface area (Å²) in [4.78, 5) is 4.17. The number of nitrogens with zero attached hydrogens (tertiary/aromatic N) is 1. The minimum absolute atomic E-state index is 0.462. The molecule has 0 radical (unpaired) electrons. The Bertz CT molecular complexity index is 608. The average Bonchev–Trinajstić information content (AvgIpc) is 2.44. The van der Waals surface area contributed by atoms with Crippen LogP contribution in [0.15, 0.2) is 34.8 Å². The molecule has 0 aliphatic carbocycles. The van der Waals surface area contributed by atoms with Gasteiger partial charge in [-0.25, -0.2) is 4.98 Å². The van der Waals surface area contributed by atoms with Gasteiger partial charge in [0.2, 0.25) is 0 Å². The Morgan fingerprint density at radius 3 is 2.70 bits per heavy atom. The lowest BCUT2D eigenvalue weighted by Gasteiger charge is -2.12. The Kier molecular flexibility index (Phi) is 5.09. The number of pyridine rings is 1. The van der Waals surface area contributed by atoms with Gasteiger partial charge in [-0.05, 0) is 45.8 Å². The number of aromatic nitrogens is 1. The third-order valence-corrected chi connectivity index (χ3v) is 3.48. The fourth-order valence-corrected chi connectivity index (χ4v) is 2.59. The Morgan fingerprint density at radius 1 is 1.25 bits per heavy atom. The van der Waals surface area contributed by atoms with Gasteiger partial charge >= 0.3 is 0 Å². The summed E-state index contributed by atoms with van der Waals surface area (Å²) in [6, 6.07) is 9.34. The van der Waals surface area contributed by atoms with Crippen molar-refractivity contribution in [2.24, 2.45) is 0 Å². The van der Waals surface area contributed by atoms with E-state index in [0.29, 0.717) is 23.2 Å². The van der Waals surface area contributed by atoms with E-state index in [1.54, 1.807) is 20.3 Å². The Balaban J connectivity index is 2.16. The molecule has 0 aliphatic heterocycles. The Hall–Kier alpha value is -1.46. The number of hydrogen-bond acceptors (Lipinski definition) is 4. The third-order valence-electron chi connectivity index (χ3n) is 2.68. The van der Waals surface area contributed by atoms with Crippen LogP contribution in [0.2, 0.25) is 5.15 Å². The molecule has 0 aliphatic rings. The molecular weight excluding hydrogens is 344 g/mol. The summed E-state index contributed by atoms with van der Waals surface area (Å²) in [7, 11) is 3.22. The molecule has 0 unspecified atom stereocenters. The zero-order valence-corrected chi connectivity index (χ0v) is 13.5. The largest absolute Gasteiger partial charge is 0.493 e. The minimum Gasteiger partial charge on any atom is -0.493 e. The summed E-state index contributed by atoms with van der Waals surface area (Å²) in [5.41, 5.74) is 1.04. The second kappa shape index (κ2) is 6.81. The number of ether oxygens (including phenoxy) is 2. The van der Waals surface area contributed by atoms with Crippen molar-refractivity contribution in [2.45, 2.75) is 6.54 Å². The maximum absolute atomic E-state index is 5.84. The van der Waals surface area contributed by atoms with Gasteiger partial charge in [-0.2, -0.15) is 0 Å². The van der Waals surface area contributed by atoms with Crippen LogP contribution < -0.4 is 14.8 Å². The second-order valence-corrected chi connectivity index (χ2v) is 5.25. The van der Waals surface area contributed by atoms with Crippen LogP contribution in [0.5, 0.6) is 11.5 Å². The number of benzene rings is 1. The van der Waals surface area contributed by atoms with Crippen molar-refractivity contribution < 1.29 is 9.47 Å². The van der Waals surface area contributed by atoms with Crippen molar-refractivity contribution in [3.63, 3.8) is 0 Å². The Labute approximate surface area is 131 Å². The quantitative estimate of drug-likeness (QED) is 0.817. The van der Waals surface area contributed by atoms with E-state index in [-0.39, 0.29) is 0 Å². The standard InChI is InChI=1S/C14H14BrClN2O2/c1-19-11-7-9(6-10(15)14(11)20-2)8-17-13-5-3-4-12(16)18-13/h3-7H,8H2,1-2H3,(H,17,18). The molecule has 2 aromatic rings. The van der Waals surface area contributed by atoms with Crippen LogP contribution >= 0.6 is 27.5 Å². The van der Waals surface area contributed by atoms with Crippen molar-refractivity contribution in [3.8, 4) is 11.5 Å². The van der Waals surface area contributed by atoms with Crippen LogP contribution in [-0.4, -0.2) is 19.2 Å². The van der Waals surface area contributed by atoms with E-state index in [0.717, 1.165) is 15.9 Å². The van der Waals surface area contributed by atoms with Crippen LogP contribution in [-0.2, 0) is 6.54 Å². The molecular formula is C14H14BrClN2O2. The Morgan fingerprint density at radius 2 is 2.05 bits per heavy atom. The number of halogens is 2. The van der Waals surface area contributed by atoms with Gasteiger partial charge in [-0.3, -0.25) is 0 Å². The van der Waals surface area contributed by atoms with Crippen LogP contribution in [0, 0.1) is 0 Å². The fourth-order valence-electron chi connectivity index (χ4n) is 1.77. The zero-order valence-electron chi connectivity index (χ0n) is 11.1. The van der Waals surface area contributed by atoms with E-state index in [4.69, 9.17) is 21.1 Å². The van der Waals surface area contributed by atoms with Crippen molar-refractivity contribution in [1.29, 1.82) is 0 Å². The molecule has 0 saturated heterocycles. The van der Waals surface area contributed by atoms with Crippen molar-refractivity contribution in [2.75, 3.05) is 19.5 Å². The molecule has 1 N–H and O–H groups in total. The molecule has 0 saturated carbocycles. The molecule has 1 heterocycles. The smallest absolute Gasteiger partial charge is 0.174 e. The fraction of sp³-hybridized carbons (Fsp3) is 0.214. The molecule has 6 heteroatoms. The van der Waals surface area contributed by atoms with Crippen LogP contribution in [0.4, 0.5) is 5.82 Å². The maximum Gasteiger partial charge on any atom is 0.174 e. The molecule has 0 fully saturated rings. The maximum atomic E-state index is 5.84. The summed E-state index contributed by atoms with van der Waals surface area (Å²) in [5, 5.41) is 3.67. The van der Waals surface area contributed by atoms with E-state index >= 15 is 0 Å². The number of methoxy groups -OCH3 is 2. The monoisotopic (exact) mass is 356 g/mol. The number of nitrogens with one attached hydrogen (secondary N) is 1. The highest BCUT2D eigenvalue weighted by molar-refractivity contribution is 9.10. The molecule has 0 bridgehead atoms. The predicted molar refractivity (Wildman–Crippen MR) is 83.8 cm³/mol. The molecule has 1 aromatic carbocycles. The van der Waals surface area contributed by atoms with Crippen LogP contribution in [0.1, 0.15) is 5.56 Å². The van der Waals surface area contributed by atoms with Gasteiger partial charge in [0.25, 0.3) is 0 Å². The number of hydrogen-bond donors (Lipinski definition) is 1. The van der Waals surface area contributed by atoms with Crippen molar-refractivity contribution in [1.82, 2.24) is 4.98 Å². The van der Waals surface area contributed by atoms with Crippen molar-refractivity contribution in [3.05, 3.63) is 45.5 Å². The highest BCUT2D eigenvalue weighted by Crippen LogP contribution is 2.36. The van der Waals surface area contributed by atoms with Gasteiger partial charge in [0.1, 0.15) is 11.0 Å². The topological polar surface area (TPSA) is 43.4 Å². The summed E-state index contributed by atoms with van der Waals surface area (Å²) < 4.78 is 11.4. The normalized spacial score (nSPS) is 10.2. The van der Waals surface area contributed by atoms with E-state index in [1.807, 2.05) is 24.3 Å². The highest BCUT2D eigenvalue weighted by atomic mass is 79.9. The lowest BCUT2D eigenvalue weighted by atomic mass is 10.2. The van der Waals surface area contributed by atoms with Gasteiger partial charge in [0, 0.05) is 6.54 Å². The number of anilines is 1. The number of rotatable bonds is 5. The molecule has 4 nitrogen and oxygen atoms in total. The SMILES string of the molecule is COc1cc(CNc2cccc(Cl)n2)cc(Br)c1OC. The molecule has 0 amide bonds. The summed E-state index contributed by atoms with van der Waals surface area (Å²) >= 11 is 9.31. The van der Waals surface area contributed by atoms with Gasteiger partial charge in [-0.15, -0.1) is 0 Å². The van der Waals surface area contributed by atoms with E-state index in [1.165, 1.54) is 0 Å². The molecule has 0 spiro atoms. The minimum atomic E-state index is 0.462. The molecule has 20 heavy (non-hydrogen) atoms. The van der Waals surface area contributed by atoms with E-state index in [2.05, 4.69) is 26.2 Å². The first-order chi connectivity index (χ1) is 9.63. The predicted octanol–water partition coefficient (Wildman–Crippen LogP) is 4.13. The first-order valence-corrected chi connectivity index (χ1v) is 7.08. The van der Waals surface area contributed by atoms with Crippen molar-refractivity contribution >= 4 is 33.3 Å². The zero-order chi connectivity index (χ0) is 14.5. The average molecular weight is 358 g/mol. The molecule has 0 atom stereocenters. The third kappa shape index (κ3) is 3.55. The first-order valence-electron chi connectivity index (χ1n) is 5.91. The van der Waals surface area contributed by atoms with Gasteiger partial charge in [0.15, 0.2) is 11.5 Å². The summed E-state index contributed by atoms with van der Waals surface area (Å²) in [6.07, 6.45) is 0. The van der Waals surface area contributed by atoms with E-state index in [9.17, 15) is 0 Å². The summed E-state index contributed by atoms with van der Waals surface area (Å²) in [5.74, 6) is 2.08. The van der Waals surface area contributed by atoms with E-state index < -0.39 is 0 Å².